The van der Waals surface area contributed by atoms with Gasteiger partial charge in [-0.15, -0.1) is 0 Å². The highest BCUT2D eigenvalue weighted by molar-refractivity contribution is 7.89. The number of carbonyl (C=O) groups is 1. The van der Waals surface area contributed by atoms with E-state index in [0.717, 1.165) is 31.2 Å². The molecule has 1 aliphatic carbocycles. The van der Waals surface area contributed by atoms with Gasteiger partial charge in [0.1, 0.15) is 0 Å². The number of anilines is 1. The predicted octanol–water partition coefficient (Wildman–Crippen LogP) is 4.51. The van der Waals surface area contributed by atoms with Crippen molar-refractivity contribution in [3.8, 4) is 11.4 Å². The summed E-state index contributed by atoms with van der Waals surface area (Å²) in [5.74, 6) is 0.632. The Morgan fingerprint density at radius 1 is 1.06 bits per heavy atom. The highest BCUT2D eigenvalue weighted by atomic mass is 32.2. The van der Waals surface area contributed by atoms with Crippen molar-refractivity contribution in [2.24, 2.45) is 0 Å². The van der Waals surface area contributed by atoms with E-state index in [0.29, 0.717) is 17.4 Å². The maximum Gasteiger partial charge on any atom is 0.255 e. The third-order valence-electron chi connectivity index (χ3n) is 5.55. The molecule has 1 heterocycles. The molecule has 0 bridgehead atoms. The Hall–Kier alpha value is -3.04. The van der Waals surface area contributed by atoms with Gasteiger partial charge in [0.05, 0.1) is 4.90 Å². The maximum atomic E-state index is 12.7. The van der Waals surface area contributed by atoms with Crippen LogP contribution in [0.1, 0.15) is 62.7 Å². The first-order valence-corrected chi connectivity index (χ1v) is 12.5. The quantitative estimate of drug-likeness (QED) is 0.550. The molecule has 8 nitrogen and oxygen atoms in total. The molecule has 2 aromatic carbocycles. The summed E-state index contributed by atoms with van der Waals surface area (Å²) in [4.78, 5) is 17.3. The van der Waals surface area contributed by atoms with Gasteiger partial charge in [-0.25, -0.2) is 13.1 Å². The van der Waals surface area contributed by atoms with Gasteiger partial charge in [-0.05, 0) is 55.3 Å². The van der Waals surface area contributed by atoms with Crippen molar-refractivity contribution in [2.75, 3.05) is 5.32 Å². The number of aromatic nitrogens is 2. The second-order valence-electron chi connectivity index (χ2n) is 9.34. The van der Waals surface area contributed by atoms with E-state index in [-0.39, 0.29) is 21.9 Å². The summed E-state index contributed by atoms with van der Waals surface area (Å²) in [5.41, 5.74) is 1.36. The number of hydrogen-bond acceptors (Lipinski definition) is 6. The second-order valence-corrected chi connectivity index (χ2v) is 11.0. The first-order chi connectivity index (χ1) is 15.6. The molecule has 1 saturated carbocycles. The molecule has 2 N–H and O–H groups in total. The number of carbonyl (C=O) groups excluding carboxylic acids is 1. The molecule has 0 spiro atoms. The van der Waals surface area contributed by atoms with E-state index in [1.165, 1.54) is 12.1 Å². The van der Waals surface area contributed by atoms with Gasteiger partial charge in [0.25, 0.3) is 5.91 Å². The summed E-state index contributed by atoms with van der Waals surface area (Å²) < 4.78 is 33.5. The molecule has 0 atom stereocenters. The fourth-order valence-electron chi connectivity index (χ4n) is 3.69. The fourth-order valence-corrected chi connectivity index (χ4v) is 5.04. The van der Waals surface area contributed by atoms with Gasteiger partial charge in [-0.1, -0.05) is 44.8 Å². The molecule has 33 heavy (non-hydrogen) atoms. The smallest absolute Gasteiger partial charge is 0.255 e. The molecule has 4 rings (SSSR count). The van der Waals surface area contributed by atoms with E-state index < -0.39 is 15.9 Å². The van der Waals surface area contributed by atoms with E-state index in [1.807, 2.05) is 20.8 Å². The van der Waals surface area contributed by atoms with Crippen LogP contribution in [-0.2, 0) is 15.4 Å². The maximum absolute atomic E-state index is 12.7. The molecule has 1 fully saturated rings. The summed E-state index contributed by atoms with van der Waals surface area (Å²) in [6, 6.07) is 13.1. The molecule has 0 saturated heterocycles. The Morgan fingerprint density at radius 3 is 2.39 bits per heavy atom. The topological polar surface area (TPSA) is 114 Å². The Labute approximate surface area is 193 Å². The van der Waals surface area contributed by atoms with Crippen molar-refractivity contribution in [1.29, 1.82) is 0 Å². The van der Waals surface area contributed by atoms with Crippen molar-refractivity contribution in [3.05, 3.63) is 60.0 Å². The first-order valence-electron chi connectivity index (χ1n) is 11.0. The molecule has 0 aliphatic heterocycles. The van der Waals surface area contributed by atoms with Crippen LogP contribution in [0.3, 0.4) is 0 Å². The van der Waals surface area contributed by atoms with Gasteiger partial charge >= 0.3 is 0 Å². The molecule has 3 aromatic rings. The molecule has 1 amide bonds. The van der Waals surface area contributed by atoms with Crippen molar-refractivity contribution in [2.45, 2.75) is 62.8 Å². The van der Waals surface area contributed by atoms with Crippen LogP contribution in [0, 0.1) is 0 Å². The van der Waals surface area contributed by atoms with Crippen molar-refractivity contribution in [3.63, 3.8) is 0 Å². The minimum absolute atomic E-state index is 0.0373. The van der Waals surface area contributed by atoms with Gasteiger partial charge in [-0.3, -0.25) is 4.79 Å². The lowest BCUT2D eigenvalue weighted by atomic mass is 9.97. The number of rotatable bonds is 6. The Bertz CT molecular complexity index is 1240. The van der Waals surface area contributed by atoms with Crippen LogP contribution in [0.2, 0.25) is 0 Å². The first kappa shape index (κ1) is 23.1. The lowest BCUT2D eigenvalue weighted by Crippen LogP contribution is -2.32. The minimum atomic E-state index is -3.67. The lowest BCUT2D eigenvalue weighted by molar-refractivity contribution is 0.102. The second kappa shape index (κ2) is 9.07. The molecule has 1 aromatic heterocycles. The molecule has 0 radical (unpaired) electrons. The van der Waals surface area contributed by atoms with Crippen LogP contribution in [-0.4, -0.2) is 30.5 Å². The number of amides is 1. The van der Waals surface area contributed by atoms with Gasteiger partial charge in [0, 0.05) is 28.3 Å². The largest absolute Gasteiger partial charge is 0.338 e. The molecule has 174 valence electrons. The lowest BCUT2D eigenvalue weighted by Gasteiger charge is -2.13. The Balaban J connectivity index is 1.45. The third-order valence-corrected chi connectivity index (χ3v) is 7.07. The van der Waals surface area contributed by atoms with Crippen LogP contribution in [0.15, 0.2) is 57.9 Å². The van der Waals surface area contributed by atoms with Gasteiger partial charge in [-0.2, -0.15) is 4.98 Å². The highest BCUT2D eigenvalue weighted by Gasteiger charge is 2.24. The van der Waals surface area contributed by atoms with Crippen molar-refractivity contribution >= 4 is 21.6 Å². The van der Waals surface area contributed by atoms with E-state index in [1.54, 1.807) is 36.4 Å². The number of benzene rings is 2. The Morgan fingerprint density at radius 2 is 1.76 bits per heavy atom. The van der Waals surface area contributed by atoms with Crippen LogP contribution in [0.4, 0.5) is 5.69 Å². The zero-order valence-corrected chi connectivity index (χ0v) is 19.8. The Kier molecular flexibility index (Phi) is 6.36. The highest BCUT2D eigenvalue weighted by Crippen LogP contribution is 2.25. The van der Waals surface area contributed by atoms with E-state index in [4.69, 9.17) is 4.52 Å². The standard InChI is InChI=1S/C24H28N4O4S/c1-24(2,3)23-26-21(27-32-23)16-11-13-18(14-12-16)25-22(29)17-7-6-10-20(15-17)33(30,31)28-19-8-4-5-9-19/h6-7,10-15,19,28H,4-5,8-9H2,1-3H3,(H,25,29). The van der Waals surface area contributed by atoms with E-state index in [9.17, 15) is 13.2 Å². The third kappa shape index (κ3) is 5.48. The molecular weight excluding hydrogens is 440 g/mol. The predicted molar refractivity (Wildman–Crippen MR) is 125 cm³/mol. The zero-order valence-electron chi connectivity index (χ0n) is 19.0. The minimum Gasteiger partial charge on any atom is -0.338 e. The van der Waals surface area contributed by atoms with Crippen LogP contribution < -0.4 is 10.0 Å². The van der Waals surface area contributed by atoms with Crippen LogP contribution in [0.25, 0.3) is 11.4 Å². The number of nitrogens with one attached hydrogen (secondary N) is 2. The van der Waals surface area contributed by atoms with Gasteiger partial charge in [0.15, 0.2) is 0 Å². The number of hydrogen-bond donors (Lipinski definition) is 2. The average Bonchev–Trinajstić information content (AvgIpc) is 3.46. The summed E-state index contributed by atoms with van der Waals surface area (Å²) in [6.45, 7) is 5.98. The van der Waals surface area contributed by atoms with E-state index in [2.05, 4.69) is 20.2 Å². The zero-order chi connectivity index (χ0) is 23.6. The van der Waals surface area contributed by atoms with Gasteiger partial charge < -0.3 is 9.84 Å². The van der Waals surface area contributed by atoms with Crippen LogP contribution in [0.5, 0.6) is 0 Å². The summed E-state index contributed by atoms with van der Waals surface area (Å²) in [5, 5.41) is 6.82. The molecule has 9 heteroatoms. The monoisotopic (exact) mass is 468 g/mol. The summed E-state index contributed by atoms with van der Waals surface area (Å²) in [7, 11) is -3.67. The van der Waals surface area contributed by atoms with Crippen LogP contribution >= 0.6 is 0 Å². The number of nitrogens with zero attached hydrogens (tertiary/aromatic N) is 2. The van der Waals surface area contributed by atoms with Crippen molar-refractivity contribution in [1.82, 2.24) is 14.9 Å². The van der Waals surface area contributed by atoms with Gasteiger partial charge in [0.2, 0.25) is 21.7 Å². The molecule has 0 unspecified atom stereocenters. The van der Waals surface area contributed by atoms with E-state index >= 15 is 0 Å². The SMILES string of the molecule is CC(C)(C)c1nc(-c2ccc(NC(=O)c3cccc(S(=O)(=O)NC4CCCC4)c3)cc2)no1. The average molecular weight is 469 g/mol. The van der Waals surface area contributed by atoms with Crippen molar-refractivity contribution < 1.29 is 17.7 Å². The summed E-state index contributed by atoms with van der Waals surface area (Å²) in [6.07, 6.45) is 3.74. The normalized spacial score (nSPS) is 15.0. The summed E-state index contributed by atoms with van der Waals surface area (Å²) >= 11 is 0. The molecule has 1 aliphatic rings. The fraction of sp³-hybridized carbons (Fsp3) is 0.375. The molecular formula is C24H28N4O4S. The number of sulfonamides is 1.